The molecule has 114 valence electrons. The van der Waals surface area contributed by atoms with Crippen LogP contribution < -0.4 is 0 Å². The van der Waals surface area contributed by atoms with E-state index in [1.807, 2.05) is 18.2 Å². The zero-order valence-corrected chi connectivity index (χ0v) is 13.3. The number of aromatic nitrogens is 2. The van der Waals surface area contributed by atoms with Crippen molar-refractivity contribution in [2.75, 3.05) is 0 Å². The van der Waals surface area contributed by atoms with Gasteiger partial charge in [0.15, 0.2) is 0 Å². The van der Waals surface area contributed by atoms with Gasteiger partial charge in [-0.2, -0.15) is 5.26 Å². The molecule has 0 saturated heterocycles. The van der Waals surface area contributed by atoms with Crippen LogP contribution in [0.1, 0.15) is 24.1 Å². The highest BCUT2D eigenvalue weighted by Gasteiger charge is 2.57. The summed E-state index contributed by atoms with van der Waals surface area (Å²) >= 11 is 12.6. The third-order valence-electron chi connectivity index (χ3n) is 4.17. The molecule has 22 heavy (non-hydrogen) atoms. The zero-order valence-electron chi connectivity index (χ0n) is 11.8. The fourth-order valence-electron chi connectivity index (χ4n) is 2.74. The molecule has 1 aromatic heterocycles. The molecule has 1 atom stereocenters. The standard InChI is InChI=1S/C16H15Cl2N3O/c17-13-3-1-2-12(6-13)7-16(22,15(18)4-5-15)10-21-11-20-9-14(21)8-19/h1-3,6,9,11,22H,4-5,7,10H2. The van der Waals surface area contributed by atoms with E-state index in [0.717, 1.165) is 18.4 Å². The van der Waals surface area contributed by atoms with Gasteiger partial charge in [0.2, 0.25) is 0 Å². The number of nitrogens with zero attached hydrogens (tertiary/aromatic N) is 3. The maximum absolute atomic E-state index is 11.2. The van der Waals surface area contributed by atoms with Gasteiger partial charge in [0.25, 0.3) is 0 Å². The Morgan fingerprint density at radius 3 is 2.86 bits per heavy atom. The molecule has 1 aliphatic carbocycles. The molecule has 1 unspecified atom stereocenters. The first kappa shape index (κ1) is 15.4. The van der Waals surface area contributed by atoms with E-state index in [1.165, 1.54) is 6.20 Å². The smallest absolute Gasteiger partial charge is 0.139 e. The van der Waals surface area contributed by atoms with Crippen LogP contribution in [-0.4, -0.2) is 25.1 Å². The summed E-state index contributed by atoms with van der Waals surface area (Å²) < 4.78 is 1.65. The number of benzene rings is 1. The molecular formula is C16H15Cl2N3O. The van der Waals surface area contributed by atoms with Crippen molar-refractivity contribution in [2.24, 2.45) is 0 Å². The molecule has 0 bridgehead atoms. The summed E-state index contributed by atoms with van der Waals surface area (Å²) in [7, 11) is 0. The molecule has 1 fully saturated rings. The molecule has 0 aliphatic heterocycles. The molecule has 0 radical (unpaired) electrons. The summed E-state index contributed by atoms with van der Waals surface area (Å²) in [5, 5.41) is 20.9. The first-order valence-corrected chi connectivity index (χ1v) is 7.77. The van der Waals surface area contributed by atoms with Gasteiger partial charge >= 0.3 is 0 Å². The zero-order chi connectivity index (χ0) is 15.8. The lowest BCUT2D eigenvalue weighted by molar-refractivity contribution is 0.0107. The van der Waals surface area contributed by atoms with Gasteiger partial charge in [-0.15, -0.1) is 11.6 Å². The largest absolute Gasteiger partial charge is 0.386 e. The molecule has 1 heterocycles. The Morgan fingerprint density at radius 2 is 2.23 bits per heavy atom. The van der Waals surface area contributed by atoms with Crippen LogP contribution in [0.15, 0.2) is 36.8 Å². The Hall–Kier alpha value is -1.54. The van der Waals surface area contributed by atoms with Crippen LogP contribution >= 0.6 is 23.2 Å². The molecule has 0 amide bonds. The lowest BCUT2D eigenvalue weighted by Gasteiger charge is -2.33. The van der Waals surface area contributed by atoms with Gasteiger partial charge in [-0.3, -0.25) is 0 Å². The molecule has 1 aromatic carbocycles. The minimum absolute atomic E-state index is 0.228. The van der Waals surface area contributed by atoms with Crippen LogP contribution in [0, 0.1) is 11.3 Å². The molecule has 0 spiro atoms. The number of aliphatic hydroxyl groups is 1. The van der Waals surface area contributed by atoms with Gasteiger partial charge in [0, 0.05) is 11.4 Å². The van der Waals surface area contributed by atoms with E-state index in [4.69, 9.17) is 28.5 Å². The van der Waals surface area contributed by atoms with Crippen molar-refractivity contribution in [1.29, 1.82) is 5.26 Å². The second-order valence-corrected chi connectivity index (χ2v) is 6.98. The summed E-state index contributed by atoms with van der Waals surface area (Å²) in [6.45, 7) is 0.228. The number of rotatable bonds is 5. The molecular weight excluding hydrogens is 321 g/mol. The molecule has 3 rings (SSSR count). The van der Waals surface area contributed by atoms with Crippen molar-refractivity contribution in [3.8, 4) is 6.07 Å². The fourth-order valence-corrected chi connectivity index (χ4v) is 3.17. The van der Waals surface area contributed by atoms with E-state index in [1.54, 1.807) is 17.0 Å². The van der Waals surface area contributed by atoms with Crippen LogP contribution in [0.25, 0.3) is 0 Å². The van der Waals surface area contributed by atoms with E-state index < -0.39 is 10.5 Å². The molecule has 6 heteroatoms. The molecule has 1 N–H and O–H groups in total. The topological polar surface area (TPSA) is 61.8 Å². The van der Waals surface area contributed by atoms with Crippen LogP contribution in [0.5, 0.6) is 0 Å². The van der Waals surface area contributed by atoms with Crippen molar-refractivity contribution in [2.45, 2.75) is 36.3 Å². The number of halogens is 2. The van der Waals surface area contributed by atoms with Crippen LogP contribution in [0.3, 0.4) is 0 Å². The van der Waals surface area contributed by atoms with E-state index in [-0.39, 0.29) is 6.54 Å². The van der Waals surface area contributed by atoms with E-state index in [2.05, 4.69) is 11.1 Å². The van der Waals surface area contributed by atoms with Gasteiger partial charge in [-0.25, -0.2) is 4.98 Å². The Balaban J connectivity index is 1.91. The van der Waals surface area contributed by atoms with Crippen molar-refractivity contribution >= 4 is 23.2 Å². The van der Waals surface area contributed by atoms with Gasteiger partial charge < -0.3 is 9.67 Å². The van der Waals surface area contributed by atoms with Crippen molar-refractivity contribution < 1.29 is 5.11 Å². The van der Waals surface area contributed by atoms with Gasteiger partial charge in [-0.1, -0.05) is 23.7 Å². The summed E-state index contributed by atoms with van der Waals surface area (Å²) in [5.74, 6) is 0. The lowest BCUT2D eigenvalue weighted by atomic mass is 9.88. The fraction of sp³-hybridized carbons (Fsp3) is 0.375. The Bertz CT molecular complexity index is 733. The van der Waals surface area contributed by atoms with Crippen molar-refractivity contribution in [1.82, 2.24) is 9.55 Å². The molecule has 2 aromatic rings. The second kappa shape index (κ2) is 5.58. The van der Waals surface area contributed by atoms with Crippen molar-refractivity contribution in [3.05, 3.63) is 53.1 Å². The van der Waals surface area contributed by atoms with E-state index in [9.17, 15) is 5.11 Å². The van der Waals surface area contributed by atoms with Crippen LogP contribution in [0.2, 0.25) is 5.02 Å². The molecule has 1 aliphatic rings. The summed E-state index contributed by atoms with van der Waals surface area (Å²) in [5.41, 5.74) is 0.164. The first-order chi connectivity index (χ1) is 10.5. The lowest BCUT2D eigenvalue weighted by Crippen LogP contribution is -2.47. The minimum Gasteiger partial charge on any atom is -0.386 e. The van der Waals surface area contributed by atoms with Crippen molar-refractivity contribution in [3.63, 3.8) is 0 Å². The second-order valence-electron chi connectivity index (χ2n) is 5.82. The molecule has 4 nitrogen and oxygen atoms in total. The van der Waals surface area contributed by atoms with Crippen LogP contribution in [-0.2, 0) is 13.0 Å². The predicted molar refractivity (Wildman–Crippen MR) is 84.9 cm³/mol. The average Bonchev–Trinajstić information content (AvgIpc) is 3.08. The third kappa shape index (κ3) is 2.85. The number of hydrogen-bond acceptors (Lipinski definition) is 3. The number of hydrogen-bond donors (Lipinski definition) is 1. The number of nitriles is 1. The average molecular weight is 336 g/mol. The summed E-state index contributed by atoms with van der Waals surface area (Å²) in [4.78, 5) is 3.31. The maximum Gasteiger partial charge on any atom is 0.139 e. The summed E-state index contributed by atoms with van der Waals surface area (Å²) in [6.07, 6.45) is 4.91. The first-order valence-electron chi connectivity index (χ1n) is 7.02. The molecule has 1 saturated carbocycles. The Labute approximate surface area is 138 Å². The maximum atomic E-state index is 11.2. The van der Waals surface area contributed by atoms with Gasteiger partial charge in [-0.05, 0) is 30.5 Å². The number of alkyl halides is 1. The quantitative estimate of drug-likeness (QED) is 0.853. The predicted octanol–water partition coefficient (Wildman–Crippen LogP) is 3.15. The van der Waals surface area contributed by atoms with Crippen LogP contribution in [0.4, 0.5) is 0 Å². The monoisotopic (exact) mass is 335 g/mol. The minimum atomic E-state index is -1.16. The van der Waals surface area contributed by atoms with Gasteiger partial charge in [0.05, 0.1) is 23.9 Å². The SMILES string of the molecule is N#Cc1cncn1CC(O)(Cc1cccc(Cl)c1)C1(Cl)CC1. The Morgan fingerprint density at radius 1 is 1.45 bits per heavy atom. The third-order valence-corrected chi connectivity index (χ3v) is 5.13. The Kier molecular flexibility index (Phi) is 3.90. The number of imidazole rings is 1. The van der Waals surface area contributed by atoms with Gasteiger partial charge in [0.1, 0.15) is 17.4 Å². The highest BCUT2D eigenvalue weighted by Crippen LogP contribution is 2.53. The summed E-state index contributed by atoms with van der Waals surface area (Å²) in [6, 6.07) is 9.46. The van der Waals surface area contributed by atoms with E-state index >= 15 is 0 Å². The highest BCUT2D eigenvalue weighted by atomic mass is 35.5. The highest BCUT2D eigenvalue weighted by molar-refractivity contribution is 6.30. The van der Waals surface area contributed by atoms with E-state index in [0.29, 0.717) is 17.1 Å². The normalized spacial score (nSPS) is 18.5.